The average Bonchev–Trinajstić information content (AvgIpc) is 3.17. The van der Waals surface area contributed by atoms with E-state index in [9.17, 15) is 9.59 Å². The summed E-state index contributed by atoms with van der Waals surface area (Å²) in [4.78, 5) is 33.8. The number of carbonyl (C=O) groups is 1. The van der Waals surface area contributed by atoms with Gasteiger partial charge >= 0.3 is 0 Å². The van der Waals surface area contributed by atoms with Crippen LogP contribution in [-0.2, 0) is 11.3 Å². The highest BCUT2D eigenvalue weighted by Gasteiger charge is 2.13. The molecule has 0 fully saturated rings. The number of imidazole rings is 1. The van der Waals surface area contributed by atoms with Crippen molar-refractivity contribution in [3.63, 3.8) is 0 Å². The highest BCUT2D eigenvalue weighted by Crippen LogP contribution is 2.32. The first-order chi connectivity index (χ1) is 15.5. The second kappa shape index (κ2) is 7.77. The first-order valence-corrected chi connectivity index (χ1v) is 10.3. The van der Waals surface area contributed by atoms with Crippen molar-refractivity contribution >= 4 is 28.0 Å². The lowest BCUT2D eigenvalue weighted by Crippen LogP contribution is -2.20. The normalized spacial score (nSPS) is 11.2. The van der Waals surface area contributed by atoms with Crippen LogP contribution in [0.1, 0.15) is 18.2 Å². The Morgan fingerprint density at radius 3 is 2.69 bits per heavy atom. The fourth-order valence-electron chi connectivity index (χ4n) is 3.97. The summed E-state index contributed by atoms with van der Waals surface area (Å²) >= 11 is 0. The number of benzene rings is 1. The van der Waals surface area contributed by atoms with Crippen LogP contribution in [0.5, 0.6) is 0 Å². The van der Waals surface area contributed by atoms with Gasteiger partial charge in [-0.2, -0.15) is 0 Å². The Kier molecular flexibility index (Phi) is 4.78. The molecule has 0 saturated carbocycles. The fraction of sp³-hybridized carbons (Fsp3) is 0.120. The van der Waals surface area contributed by atoms with Crippen molar-refractivity contribution in [1.29, 1.82) is 0 Å². The van der Waals surface area contributed by atoms with Gasteiger partial charge in [0.15, 0.2) is 0 Å². The first kappa shape index (κ1) is 19.7. The molecule has 158 valence electrons. The number of fused-ring (bicyclic) bond motifs is 2. The Labute approximate surface area is 184 Å². The smallest absolute Gasteiger partial charge is 0.260 e. The maximum atomic E-state index is 13.3. The predicted octanol–water partition coefficient (Wildman–Crippen LogP) is 4.03. The summed E-state index contributed by atoms with van der Waals surface area (Å²) < 4.78 is 3.61. The minimum atomic E-state index is -0.157. The molecule has 0 atom stereocenters. The molecule has 4 aromatic heterocycles. The molecule has 0 aliphatic rings. The van der Waals surface area contributed by atoms with E-state index in [4.69, 9.17) is 0 Å². The molecule has 4 heterocycles. The second-order valence-corrected chi connectivity index (χ2v) is 7.83. The van der Waals surface area contributed by atoms with Gasteiger partial charge in [0.25, 0.3) is 5.56 Å². The van der Waals surface area contributed by atoms with Gasteiger partial charge in [0.05, 0.1) is 17.6 Å². The first-order valence-electron chi connectivity index (χ1n) is 10.3. The number of hydrogen-bond acceptors (Lipinski definition) is 4. The van der Waals surface area contributed by atoms with Gasteiger partial charge in [-0.15, -0.1) is 0 Å². The largest absolute Gasteiger partial charge is 0.326 e. The zero-order chi connectivity index (χ0) is 22.2. The number of carbonyl (C=O) groups excluding carboxylic acids is 1. The molecule has 1 aromatic carbocycles. The molecule has 7 heteroatoms. The number of aryl methyl sites for hydroxylation is 1. The van der Waals surface area contributed by atoms with E-state index < -0.39 is 0 Å². The number of anilines is 1. The molecule has 32 heavy (non-hydrogen) atoms. The Hall–Kier alpha value is -4.26. The van der Waals surface area contributed by atoms with E-state index in [2.05, 4.69) is 15.3 Å². The number of pyridine rings is 3. The topological polar surface area (TPSA) is 81.3 Å². The second-order valence-electron chi connectivity index (χ2n) is 7.83. The van der Waals surface area contributed by atoms with Gasteiger partial charge in [0, 0.05) is 54.7 Å². The van der Waals surface area contributed by atoms with Crippen LogP contribution < -0.4 is 10.9 Å². The lowest BCUT2D eigenvalue weighted by atomic mass is 10.0. The zero-order valence-electron chi connectivity index (χ0n) is 17.7. The third kappa shape index (κ3) is 3.54. The number of rotatable bonds is 4. The molecule has 0 unspecified atom stereocenters. The van der Waals surface area contributed by atoms with Crippen LogP contribution in [0.15, 0.2) is 78.2 Å². The van der Waals surface area contributed by atoms with Crippen molar-refractivity contribution in [3.8, 4) is 11.1 Å². The highest BCUT2D eigenvalue weighted by molar-refractivity contribution is 6.01. The number of amides is 1. The number of nitrogens with zero attached hydrogens (tertiary/aromatic N) is 4. The van der Waals surface area contributed by atoms with Crippen molar-refractivity contribution in [1.82, 2.24) is 18.9 Å². The number of nitrogens with one attached hydrogen (secondary N) is 1. The van der Waals surface area contributed by atoms with Crippen molar-refractivity contribution in [2.45, 2.75) is 20.4 Å². The lowest BCUT2D eigenvalue weighted by molar-refractivity contribution is -0.114. The Balaban J connectivity index is 1.58. The van der Waals surface area contributed by atoms with Crippen LogP contribution in [-0.4, -0.2) is 24.8 Å². The van der Waals surface area contributed by atoms with Crippen molar-refractivity contribution in [2.24, 2.45) is 0 Å². The molecule has 1 N–H and O–H groups in total. The molecule has 0 spiro atoms. The van der Waals surface area contributed by atoms with E-state index in [0.717, 1.165) is 33.4 Å². The third-order valence-electron chi connectivity index (χ3n) is 5.41. The molecule has 0 aliphatic carbocycles. The van der Waals surface area contributed by atoms with Gasteiger partial charge in [-0.25, -0.2) is 4.98 Å². The molecular weight excluding hydrogens is 402 g/mol. The molecule has 1 amide bonds. The number of hydrogen-bond donors (Lipinski definition) is 1. The summed E-state index contributed by atoms with van der Waals surface area (Å²) in [5.74, 6) is -0.157. The molecule has 5 rings (SSSR count). The molecule has 0 saturated heterocycles. The summed E-state index contributed by atoms with van der Waals surface area (Å²) in [5, 5.41) is 4.15. The number of para-hydroxylation sites is 1. The van der Waals surface area contributed by atoms with Crippen LogP contribution in [0.3, 0.4) is 0 Å². The van der Waals surface area contributed by atoms with Gasteiger partial charge in [-0.3, -0.25) is 14.6 Å². The van der Waals surface area contributed by atoms with Crippen molar-refractivity contribution < 1.29 is 4.79 Å². The quantitative estimate of drug-likeness (QED) is 0.473. The van der Waals surface area contributed by atoms with Crippen LogP contribution in [0.2, 0.25) is 0 Å². The van der Waals surface area contributed by atoms with Gasteiger partial charge in [0.2, 0.25) is 5.91 Å². The van der Waals surface area contributed by atoms with Crippen molar-refractivity contribution in [3.05, 3.63) is 95.1 Å². The summed E-state index contributed by atoms with van der Waals surface area (Å²) in [6.45, 7) is 3.86. The monoisotopic (exact) mass is 423 g/mol. The van der Waals surface area contributed by atoms with E-state index in [-0.39, 0.29) is 11.5 Å². The third-order valence-corrected chi connectivity index (χ3v) is 5.41. The lowest BCUT2D eigenvalue weighted by Gasteiger charge is -2.13. The van der Waals surface area contributed by atoms with E-state index >= 15 is 0 Å². The maximum absolute atomic E-state index is 13.3. The van der Waals surface area contributed by atoms with Gasteiger partial charge in [-0.1, -0.05) is 24.3 Å². The Morgan fingerprint density at radius 1 is 1.00 bits per heavy atom. The van der Waals surface area contributed by atoms with Crippen LogP contribution in [0, 0.1) is 6.92 Å². The summed E-state index contributed by atoms with van der Waals surface area (Å²) in [7, 11) is 0. The highest BCUT2D eigenvalue weighted by atomic mass is 16.1. The van der Waals surface area contributed by atoms with E-state index in [1.54, 1.807) is 23.2 Å². The SMILES string of the molecule is CC(=O)Nc1ccccc1-c1cncc2c(=O)n(Cc3cn4cc(C)ccc4n3)ccc12. The summed E-state index contributed by atoms with van der Waals surface area (Å²) in [6, 6.07) is 13.4. The Morgan fingerprint density at radius 2 is 1.84 bits per heavy atom. The Bertz CT molecular complexity index is 1550. The summed E-state index contributed by atoms with van der Waals surface area (Å²) in [6.07, 6.45) is 9.04. The average molecular weight is 423 g/mol. The van der Waals surface area contributed by atoms with Gasteiger partial charge in [-0.05, 0) is 36.1 Å². The molecular formula is C25H21N5O2. The molecule has 0 bridgehead atoms. The van der Waals surface area contributed by atoms with Crippen LogP contribution in [0.4, 0.5) is 5.69 Å². The zero-order valence-corrected chi connectivity index (χ0v) is 17.7. The minimum Gasteiger partial charge on any atom is -0.326 e. The van der Waals surface area contributed by atoms with Crippen LogP contribution >= 0.6 is 0 Å². The van der Waals surface area contributed by atoms with Gasteiger partial charge < -0.3 is 14.3 Å². The fourth-order valence-corrected chi connectivity index (χ4v) is 3.97. The van der Waals surface area contributed by atoms with Crippen LogP contribution in [0.25, 0.3) is 27.5 Å². The van der Waals surface area contributed by atoms with Crippen molar-refractivity contribution in [2.75, 3.05) is 5.32 Å². The predicted molar refractivity (Wildman–Crippen MR) is 125 cm³/mol. The van der Waals surface area contributed by atoms with E-state index in [1.807, 2.05) is 66.2 Å². The minimum absolute atomic E-state index is 0.137. The summed E-state index contributed by atoms with van der Waals surface area (Å²) in [5.41, 5.74) is 4.94. The molecule has 0 aliphatic heterocycles. The molecule has 5 aromatic rings. The van der Waals surface area contributed by atoms with E-state index in [0.29, 0.717) is 17.6 Å². The standard InChI is InChI=1S/C25H21N5O2/c1-16-7-8-24-28-18(15-30(24)13-16)14-29-10-9-19-21(11-26-12-22(19)25(29)32)20-5-3-4-6-23(20)27-17(2)31/h3-13,15H,14H2,1-2H3,(H,27,31). The van der Waals surface area contributed by atoms with E-state index in [1.165, 1.54) is 6.92 Å². The maximum Gasteiger partial charge on any atom is 0.260 e. The van der Waals surface area contributed by atoms with Gasteiger partial charge in [0.1, 0.15) is 5.65 Å². The molecule has 0 radical (unpaired) electrons. The molecule has 7 nitrogen and oxygen atoms in total. The number of aromatic nitrogens is 4.